The van der Waals surface area contributed by atoms with Crippen molar-refractivity contribution in [1.82, 2.24) is 9.88 Å². The van der Waals surface area contributed by atoms with Crippen molar-refractivity contribution in [2.75, 3.05) is 25.9 Å². The molecule has 1 atom stereocenters. The predicted molar refractivity (Wildman–Crippen MR) is 119 cm³/mol. The molecule has 1 aliphatic heterocycles. The number of nitrogens with one attached hydrogen (secondary N) is 1. The Hall–Kier alpha value is -2.11. The van der Waals surface area contributed by atoms with Gasteiger partial charge in [0.1, 0.15) is 0 Å². The van der Waals surface area contributed by atoms with Crippen LogP contribution in [0.25, 0.3) is 10.9 Å². The van der Waals surface area contributed by atoms with Crippen LogP contribution in [-0.4, -0.2) is 44.2 Å². The first-order valence-electron chi connectivity index (χ1n) is 10.6. The second kappa shape index (κ2) is 8.72. The Labute approximate surface area is 173 Å². The summed E-state index contributed by atoms with van der Waals surface area (Å²) in [5, 5.41) is 1.35. The lowest BCUT2D eigenvalue weighted by Gasteiger charge is -2.33. The number of aromatic nitrogens is 1. The Balaban J connectivity index is 1.28. The lowest BCUT2D eigenvalue weighted by Crippen LogP contribution is -2.35. The first-order valence-corrected chi connectivity index (χ1v) is 12.5. The van der Waals surface area contributed by atoms with Crippen molar-refractivity contribution in [1.29, 1.82) is 0 Å². The number of sulfone groups is 1. The number of rotatable bonds is 7. The first kappa shape index (κ1) is 20.2. The number of hydrogen-bond donors (Lipinski definition) is 1. The number of benzene rings is 2. The first-order chi connectivity index (χ1) is 14.0. The van der Waals surface area contributed by atoms with E-state index in [0.717, 1.165) is 19.5 Å². The van der Waals surface area contributed by atoms with Gasteiger partial charge in [0.15, 0.2) is 9.84 Å². The Bertz CT molecular complexity index is 1050. The smallest absolute Gasteiger partial charge is 0.175 e. The van der Waals surface area contributed by atoms with Crippen LogP contribution in [0.1, 0.15) is 42.7 Å². The van der Waals surface area contributed by atoms with Gasteiger partial charge in [0.25, 0.3) is 0 Å². The maximum atomic E-state index is 11.7. The van der Waals surface area contributed by atoms with Gasteiger partial charge in [-0.05, 0) is 80.4 Å². The van der Waals surface area contributed by atoms with Gasteiger partial charge in [0.05, 0.1) is 4.90 Å². The maximum Gasteiger partial charge on any atom is 0.175 e. The third-order valence-electron chi connectivity index (χ3n) is 6.13. The molecule has 2 heterocycles. The summed E-state index contributed by atoms with van der Waals surface area (Å²) in [5.41, 5.74) is 3.91. The molecule has 0 saturated carbocycles. The lowest BCUT2D eigenvalue weighted by atomic mass is 9.90. The number of piperidine rings is 1. The maximum absolute atomic E-state index is 11.7. The molecular weight excluding hydrogens is 380 g/mol. The molecule has 2 aromatic carbocycles. The number of para-hydroxylation sites is 1. The number of aryl methyl sites for hydroxylation is 1. The van der Waals surface area contributed by atoms with E-state index in [1.54, 1.807) is 12.1 Å². The minimum atomic E-state index is -3.12. The van der Waals surface area contributed by atoms with Crippen molar-refractivity contribution in [3.63, 3.8) is 0 Å². The predicted octanol–water partition coefficient (Wildman–Crippen LogP) is 4.77. The highest BCUT2D eigenvalue weighted by Gasteiger charge is 2.21. The highest BCUT2D eigenvalue weighted by Crippen LogP contribution is 2.28. The van der Waals surface area contributed by atoms with E-state index in [1.165, 1.54) is 60.5 Å². The van der Waals surface area contributed by atoms with Gasteiger partial charge in [-0.3, -0.25) is 0 Å². The van der Waals surface area contributed by atoms with E-state index >= 15 is 0 Å². The number of hydrogen-bond acceptors (Lipinski definition) is 3. The van der Waals surface area contributed by atoms with Crippen molar-refractivity contribution in [3.05, 3.63) is 65.9 Å². The average Bonchev–Trinajstić information content (AvgIpc) is 3.14. The van der Waals surface area contributed by atoms with Crippen LogP contribution in [0.5, 0.6) is 0 Å². The van der Waals surface area contributed by atoms with Crippen molar-refractivity contribution >= 4 is 20.7 Å². The van der Waals surface area contributed by atoms with Gasteiger partial charge in [0, 0.05) is 29.9 Å². The molecular formula is C24H30N2O2S. The third-order valence-corrected chi connectivity index (χ3v) is 7.26. The molecule has 1 N–H and O–H groups in total. The van der Waals surface area contributed by atoms with E-state index in [4.69, 9.17) is 0 Å². The second-order valence-electron chi connectivity index (χ2n) is 8.30. The molecule has 1 fully saturated rings. The van der Waals surface area contributed by atoms with Gasteiger partial charge in [-0.2, -0.15) is 0 Å². The van der Waals surface area contributed by atoms with Crippen molar-refractivity contribution in [3.8, 4) is 0 Å². The number of aromatic amines is 1. The molecule has 1 aliphatic rings. The largest absolute Gasteiger partial charge is 0.361 e. The van der Waals surface area contributed by atoms with Crippen LogP contribution in [0.2, 0.25) is 0 Å². The molecule has 4 nitrogen and oxygen atoms in total. The van der Waals surface area contributed by atoms with E-state index in [-0.39, 0.29) is 0 Å². The molecule has 0 spiro atoms. The highest BCUT2D eigenvalue weighted by molar-refractivity contribution is 7.90. The molecule has 1 unspecified atom stereocenters. The third kappa shape index (κ3) is 4.90. The van der Waals surface area contributed by atoms with Gasteiger partial charge in [-0.1, -0.05) is 30.3 Å². The van der Waals surface area contributed by atoms with Crippen LogP contribution in [-0.2, 0) is 16.3 Å². The fraction of sp³-hybridized carbons (Fsp3) is 0.417. The number of nitrogens with zero attached hydrogens (tertiary/aromatic N) is 1. The summed E-state index contributed by atoms with van der Waals surface area (Å²) in [6.07, 6.45) is 9.34. The number of H-pyrrole nitrogens is 1. The summed E-state index contributed by atoms with van der Waals surface area (Å²) < 4.78 is 23.3. The summed E-state index contributed by atoms with van der Waals surface area (Å²) in [4.78, 5) is 6.35. The van der Waals surface area contributed by atoms with E-state index in [0.29, 0.717) is 10.8 Å². The molecule has 0 amide bonds. The molecule has 29 heavy (non-hydrogen) atoms. The molecule has 0 bridgehead atoms. The molecule has 0 aliphatic carbocycles. The molecule has 3 aromatic rings. The summed E-state index contributed by atoms with van der Waals surface area (Å²) in [7, 11) is -3.12. The summed E-state index contributed by atoms with van der Waals surface area (Å²) in [6, 6.07) is 16.0. The standard InChI is InChI=1S/C24H30N2O2S/c1-29(27,28)22-13-11-19(12-14-22)21-8-6-16-26(18-21)15-5-4-7-20-17-25-24-10-3-2-9-23(20)24/h2-3,9-14,17,21,25H,4-8,15-16,18H2,1H3. The quantitative estimate of drug-likeness (QED) is 0.571. The fourth-order valence-corrected chi connectivity index (χ4v) is 5.14. The zero-order chi connectivity index (χ0) is 20.3. The van der Waals surface area contributed by atoms with Gasteiger partial charge >= 0.3 is 0 Å². The minimum absolute atomic E-state index is 0.409. The van der Waals surface area contributed by atoms with Crippen LogP contribution in [0.4, 0.5) is 0 Å². The zero-order valence-electron chi connectivity index (χ0n) is 17.1. The van der Waals surface area contributed by atoms with Gasteiger partial charge in [-0.25, -0.2) is 8.42 Å². The van der Waals surface area contributed by atoms with Crippen LogP contribution < -0.4 is 0 Å². The van der Waals surface area contributed by atoms with Gasteiger partial charge < -0.3 is 9.88 Å². The lowest BCUT2D eigenvalue weighted by molar-refractivity contribution is 0.204. The van der Waals surface area contributed by atoms with Crippen LogP contribution in [0, 0.1) is 0 Å². The Morgan fingerprint density at radius 1 is 1.07 bits per heavy atom. The minimum Gasteiger partial charge on any atom is -0.361 e. The van der Waals surface area contributed by atoms with E-state index in [1.807, 2.05) is 12.1 Å². The number of likely N-dealkylation sites (tertiary alicyclic amines) is 1. The van der Waals surface area contributed by atoms with Crippen LogP contribution in [0.15, 0.2) is 59.6 Å². The molecule has 154 valence electrons. The van der Waals surface area contributed by atoms with Crippen molar-refractivity contribution < 1.29 is 8.42 Å². The number of unbranched alkanes of at least 4 members (excludes halogenated alkanes) is 1. The average molecular weight is 411 g/mol. The SMILES string of the molecule is CS(=O)(=O)c1ccc(C2CCCN(CCCCc3c[nH]c4ccccc34)C2)cc1. The van der Waals surface area contributed by atoms with Crippen LogP contribution in [0.3, 0.4) is 0 Å². The highest BCUT2D eigenvalue weighted by atomic mass is 32.2. The molecule has 0 radical (unpaired) electrons. The number of fused-ring (bicyclic) bond motifs is 1. The van der Waals surface area contributed by atoms with Crippen molar-refractivity contribution in [2.45, 2.75) is 42.9 Å². The Morgan fingerprint density at radius 2 is 1.86 bits per heavy atom. The van der Waals surface area contributed by atoms with Gasteiger partial charge in [-0.15, -0.1) is 0 Å². The van der Waals surface area contributed by atoms with E-state index in [2.05, 4.69) is 40.3 Å². The Kier molecular flexibility index (Phi) is 6.07. The van der Waals surface area contributed by atoms with Gasteiger partial charge in [0.2, 0.25) is 0 Å². The normalized spacial score (nSPS) is 18.3. The summed E-state index contributed by atoms with van der Waals surface area (Å²) >= 11 is 0. The molecule has 1 aromatic heterocycles. The van der Waals surface area contributed by atoms with E-state index < -0.39 is 9.84 Å². The fourth-order valence-electron chi connectivity index (χ4n) is 4.51. The molecule has 4 rings (SSSR count). The summed E-state index contributed by atoms with van der Waals surface area (Å²) in [6.45, 7) is 3.39. The van der Waals surface area contributed by atoms with Crippen LogP contribution >= 0.6 is 0 Å². The topological polar surface area (TPSA) is 53.2 Å². The molecule has 5 heteroatoms. The summed E-state index contributed by atoms with van der Waals surface area (Å²) in [5.74, 6) is 0.506. The molecule has 1 saturated heterocycles. The monoisotopic (exact) mass is 410 g/mol. The zero-order valence-corrected chi connectivity index (χ0v) is 17.9. The van der Waals surface area contributed by atoms with E-state index in [9.17, 15) is 8.42 Å². The van der Waals surface area contributed by atoms with Crippen molar-refractivity contribution in [2.24, 2.45) is 0 Å². The Morgan fingerprint density at radius 3 is 2.66 bits per heavy atom. The second-order valence-corrected chi connectivity index (χ2v) is 10.3.